The average Bonchev–Trinajstić information content (AvgIpc) is 3.04. The Morgan fingerprint density at radius 3 is 2.93 bits per heavy atom. The molecule has 0 spiro atoms. The van der Waals surface area contributed by atoms with Crippen LogP contribution in [0.25, 0.3) is 10.9 Å². The summed E-state index contributed by atoms with van der Waals surface area (Å²) >= 11 is 0. The van der Waals surface area contributed by atoms with E-state index in [9.17, 15) is 9.18 Å². The van der Waals surface area contributed by atoms with E-state index in [0.29, 0.717) is 19.4 Å². The lowest BCUT2D eigenvalue weighted by Gasteiger charge is -2.15. The topological polar surface area (TPSA) is 66.2 Å². The van der Waals surface area contributed by atoms with Crippen LogP contribution in [0.5, 0.6) is 5.75 Å². The monoisotopic (exact) mass is 369 g/mol. The standard InChI is InChI=1S/C21H24FN3O2/c1-14(10-15-4-3-5-18(11-15)27-2)25-21(26)23-9-8-16-13-24-20-7-6-17(22)12-19(16)20/h3-7,11-14,24H,8-10H2,1-2H3,(H2,23,25,26). The van der Waals surface area contributed by atoms with Gasteiger partial charge in [0.1, 0.15) is 11.6 Å². The highest BCUT2D eigenvalue weighted by atomic mass is 19.1. The molecule has 0 radical (unpaired) electrons. The molecule has 1 atom stereocenters. The molecule has 6 heteroatoms. The number of aromatic amines is 1. The number of H-pyrrole nitrogens is 1. The lowest BCUT2D eigenvalue weighted by Crippen LogP contribution is -2.42. The lowest BCUT2D eigenvalue weighted by molar-refractivity contribution is 0.238. The zero-order chi connectivity index (χ0) is 19.2. The van der Waals surface area contributed by atoms with E-state index < -0.39 is 0 Å². The number of nitrogens with one attached hydrogen (secondary N) is 3. The minimum atomic E-state index is -0.264. The van der Waals surface area contributed by atoms with Gasteiger partial charge in [0.2, 0.25) is 0 Å². The molecule has 2 aromatic carbocycles. The Morgan fingerprint density at radius 1 is 1.26 bits per heavy atom. The van der Waals surface area contributed by atoms with Crippen LogP contribution >= 0.6 is 0 Å². The van der Waals surface area contributed by atoms with Crippen LogP contribution in [0.3, 0.4) is 0 Å². The second kappa shape index (κ2) is 8.58. The molecule has 0 aliphatic heterocycles. The Labute approximate surface area is 157 Å². The summed E-state index contributed by atoms with van der Waals surface area (Å²) in [5, 5.41) is 6.64. The molecule has 0 aliphatic carbocycles. The average molecular weight is 369 g/mol. The second-order valence-corrected chi connectivity index (χ2v) is 6.61. The summed E-state index contributed by atoms with van der Waals surface area (Å²) in [7, 11) is 1.64. The van der Waals surface area contributed by atoms with E-state index in [0.717, 1.165) is 27.8 Å². The first kappa shape index (κ1) is 18.8. The molecular weight excluding hydrogens is 345 g/mol. The summed E-state index contributed by atoms with van der Waals surface area (Å²) in [5.74, 6) is 0.541. The third-order valence-electron chi connectivity index (χ3n) is 4.46. The molecule has 1 unspecified atom stereocenters. The van der Waals surface area contributed by atoms with Crippen LogP contribution < -0.4 is 15.4 Å². The van der Waals surface area contributed by atoms with Crippen LogP contribution in [0.2, 0.25) is 0 Å². The lowest BCUT2D eigenvalue weighted by atomic mass is 10.1. The molecule has 2 amide bonds. The van der Waals surface area contributed by atoms with Gasteiger partial charge in [-0.15, -0.1) is 0 Å². The molecule has 3 rings (SSSR count). The predicted molar refractivity (Wildman–Crippen MR) is 105 cm³/mol. The highest BCUT2D eigenvalue weighted by Gasteiger charge is 2.09. The van der Waals surface area contributed by atoms with Gasteiger partial charge >= 0.3 is 6.03 Å². The largest absolute Gasteiger partial charge is 0.497 e. The Balaban J connectivity index is 1.46. The third kappa shape index (κ3) is 5.00. The number of aromatic nitrogens is 1. The maximum atomic E-state index is 13.4. The van der Waals surface area contributed by atoms with Gasteiger partial charge in [-0.25, -0.2) is 9.18 Å². The number of carbonyl (C=O) groups is 1. The first-order valence-corrected chi connectivity index (χ1v) is 8.98. The van der Waals surface area contributed by atoms with E-state index >= 15 is 0 Å². The number of benzene rings is 2. The molecule has 0 aliphatic rings. The van der Waals surface area contributed by atoms with Crippen LogP contribution in [0.4, 0.5) is 9.18 Å². The van der Waals surface area contributed by atoms with Gasteiger partial charge in [-0.3, -0.25) is 0 Å². The molecule has 5 nitrogen and oxygen atoms in total. The van der Waals surface area contributed by atoms with Crippen molar-refractivity contribution >= 4 is 16.9 Å². The van der Waals surface area contributed by atoms with Crippen molar-refractivity contribution in [3.63, 3.8) is 0 Å². The Hall–Kier alpha value is -3.02. The minimum absolute atomic E-state index is 0.0145. The van der Waals surface area contributed by atoms with Crippen molar-refractivity contribution in [3.8, 4) is 5.75 Å². The van der Waals surface area contributed by atoms with E-state index in [1.807, 2.05) is 37.4 Å². The smallest absolute Gasteiger partial charge is 0.315 e. The summed E-state index contributed by atoms with van der Waals surface area (Å²) < 4.78 is 18.6. The normalized spacial score (nSPS) is 12.0. The van der Waals surface area contributed by atoms with Gasteiger partial charge in [-0.2, -0.15) is 0 Å². The van der Waals surface area contributed by atoms with Crippen molar-refractivity contribution in [3.05, 3.63) is 65.6 Å². The molecular formula is C21H24FN3O2. The molecule has 3 N–H and O–H groups in total. The fourth-order valence-electron chi connectivity index (χ4n) is 3.15. The van der Waals surface area contributed by atoms with Crippen molar-refractivity contribution in [1.82, 2.24) is 15.6 Å². The zero-order valence-corrected chi connectivity index (χ0v) is 15.5. The van der Waals surface area contributed by atoms with Crippen molar-refractivity contribution < 1.29 is 13.9 Å². The van der Waals surface area contributed by atoms with Crippen LogP contribution in [0, 0.1) is 5.82 Å². The summed E-state index contributed by atoms with van der Waals surface area (Å²) in [6.07, 6.45) is 3.20. The number of carbonyl (C=O) groups excluding carboxylic acids is 1. The Kier molecular flexibility index (Phi) is 5.96. The van der Waals surface area contributed by atoms with Crippen LogP contribution in [0.1, 0.15) is 18.1 Å². The number of ether oxygens (including phenoxy) is 1. The van der Waals surface area contributed by atoms with Crippen molar-refractivity contribution in [2.45, 2.75) is 25.8 Å². The molecule has 0 saturated carbocycles. The van der Waals surface area contributed by atoms with E-state index in [1.54, 1.807) is 13.2 Å². The Bertz CT molecular complexity index is 923. The van der Waals surface area contributed by atoms with Crippen molar-refractivity contribution in [1.29, 1.82) is 0 Å². The summed E-state index contributed by atoms with van der Waals surface area (Å²) in [5.41, 5.74) is 2.97. The number of hydrogen-bond acceptors (Lipinski definition) is 2. The summed E-state index contributed by atoms with van der Waals surface area (Å²) in [6.45, 7) is 2.43. The third-order valence-corrected chi connectivity index (χ3v) is 4.46. The SMILES string of the molecule is COc1cccc(CC(C)NC(=O)NCCc2c[nH]c3ccc(F)cc23)c1. The maximum Gasteiger partial charge on any atom is 0.315 e. The molecule has 0 saturated heterocycles. The number of fused-ring (bicyclic) bond motifs is 1. The predicted octanol–water partition coefficient (Wildman–Crippen LogP) is 3.79. The van der Waals surface area contributed by atoms with Gasteiger partial charge in [0, 0.05) is 29.7 Å². The quantitative estimate of drug-likeness (QED) is 0.593. The number of halogens is 1. The number of methoxy groups -OCH3 is 1. The molecule has 142 valence electrons. The van der Waals surface area contributed by atoms with Crippen molar-refractivity contribution in [2.24, 2.45) is 0 Å². The molecule has 27 heavy (non-hydrogen) atoms. The molecule has 3 aromatic rings. The molecule has 1 heterocycles. The van der Waals surface area contributed by atoms with Gasteiger partial charge in [-0.1, -0.05) is 12.1 Å². The number of amides is 2. The van der Waals surface area contributed by atoms with Gasteiger partial charge in [0.15, 0.2) is 0 Å². The number of urea groups is 1. The minimum Gasteiger partial charge on any atom is -0.497 e. The fraction of sp³-hybridized carbons (Fsp3) is 0.286. The molecule has 0 bridgehead atoms. The summed E-state index contributed by atoms with van der Waals surface area (Å²) in [6, 6.07) is 12.2. The van der Waals surface area contributed by atoms with Crippen LogP contribution in [-0.4, -0.2) is 30.7 Å². The van der Waals surface area contributed by atoms with E-state index in [1.165, 1.54) is 12.1 Å². The highest BCUT2D eigenvalue weighted by molar-refractivity contribution is 5.83. The van der Waals surface area contributed by atoms with Crippen molar-refractivity contribution in [2.75, 3.05) is 13.7 Å². The van der Waals surface area contributed by atoms with E-state index in [-0.39, 0.29) is 17.9 Å². The second-order valence-electron chi connectivity index (χ2n) is 6.61. The van der Waals surface area contributed by atoms with Gasteiger partial charge in [-0.05, 0) is 61.2 Å². The molecule has 0 fully saturated rings. The first-order chi connectivity index (χ1) is 13.0. The Morgan fingerprint density at radius 2 is 2.11 bits per heavy atom. The summed E-state index contributed by atoms with van der Waals surface area (Å²) in [4.78, 5) is 15.2. The first-order valence-electron chi connectivity index (χ1n) is 8.98. The number of hydrogen-bond donors (Lipinski definition) is 3. The van der Waals surface area contributed by atoms with E-state index in [4.69, 9.17) is 4.74 Å². The van der Waals surface area contributed by atoms with Gasteiger partial charge in [0.25, 0.3) is 0 Å². The van der Waals surface area contributed by atoms with Gasteiger partial charge in [0.05, 0.1) is 7.11 Å². The fourth-order valence-corrected chi connectivity index (χ4v) is 3.15. The maximum absolute atomic E-state index is 13.4. The van der Waals surface area contributed by atoms with Gasteiger partial charge < -0.3 is 20.4 Å². The number of rotatable bonds is 7. The van der Waals surface area contributed by atoms with Crippen LogP contribution in [-0.2, 0) is 12.8 Å². The zero-order valence-electron chi connectivity index (χ0n) is 15.5. The van der Waals surface area contributed by atoms with Crippen LogP contribution in [0.15, 0.2) is 48.7 Å². The van der Waals surface area contributed by atoms with E-state index in [2.05, 4.69) is 15.6 Å². The molecule has 1 aromatic heterocycles. The highest BCUT2D eigenvalue weighted by Crippen LogP contribution is 2.19.